The predicted molar refractivity (Wildman–Crippen MR) is 61.5 cm³/mol. The number of nitrogens with one attached hydrogen (secondary N) is 2. The third-order valence-corrected chi connectivity index (χ3v) is 2.12. The molecule has 0 aromatic carbocycles. The summed E-state index contributed by atoms with van der Waals surface area (Å²) in [4.78, 5) is 29.9. The van der Waals surface area contributed by atoms with Gasteiger partial charge in [0.1, 0.15) is 11.4 Å². The second kappa shape index (κ2) is 4.92. The van der Waals surface area contributed by atoms with E-state index in [0.29, 0.717) is 24.0 Å². The number of carbonyl (C=O) groups excluding carboxylic acids is 1. The van der Waals surface area contributed by atoms with Crippen molar-refractivity contribution in [1.29, 1.82) is 0 Å². The van der Waals surface area contributed by atoms with Crippen LogP contribution in [-0.2, 0) is 0 Å². The molecule has 0 aliphatic heterocycles. The summed E-state index contributed by atoms with van der Waals surface area (Å²) in [6.07, 6.45) is 0. The fourth-order valence-corrected chi connectivity index (χ4v) is 1.38. The van der Waals surface area contributed by atoms with Crippen LogP contribution in [0.5, 0.6) is 0 Å². The highest BCUT2D eigenvalue weighted by molar-refractivity contribution is 5.94. The minimum atomic E-state index is -0.383. The summed E-state index contributed by atoms with van der Waals surface area (Å²) in [6.45, 7) is 7.87. The van der Waals surface area contributed by atoms with E-state index in [1.54, 1.807) is 13.8 Å². The highest BCUT2D eigenvalue weighted by Gasteiger charge is 2.15. The van der Waals surface area contributed by atoms with E-state index in [0.717, 1.165) is 0 Å². The van der Waals surface area contributed by atoms with Crippen molar-refractivity contribution < 1.29 is 4.79 Å². The zero-order valence-corrected chi connectivity index (χ0v) is 10.0. The molecule has 1 aromatic heterocycles. The maximum Gasteiger partial charge on any atom is 0.264 e. The quantitative estimate of drug-likeness (QED) is 0.794. The fraction of sp³-hybridized carbons (Fsp3) is 0.545. The van der Waals surface area contributed by atoms with Crippen LogP contribution in [0.2, 0.25) is 0 Å². The Balaban J connectivity index is 2.96. The van der Waals surface area contributed by atoms with Crippen molar-refractivity contribution in [3.63, 3.8) is 0 Å². The first kappa shape index (κ1) is 12.4. The molecule has 0 spiro atoms. The Morgan fingerprint density at radius 1 is 1.44 bits per heavy atom. The fourth-order valence-electron chi connectivity index (χ4n) is 1.38. The molecule has 1 heterocycles. The van der Waals surface area contributed by atoms with E-state index in [9.17, 15) is 9.59 Å². The van der Waals surface area contributed by atoms with Gasteiger partial charge in [0.2, 0.25) is 0 Å². The first-order chi connectivity index (χ1) is 7.41. The molecule has 5 nitrogen and oxygen atoms in total. The molecule has 0 bridgehead atoms. The zero-order chi connectivity index (χ0) is 12.3. The van der Waals surface area contributed by atoms with Crippen LogP contribution in [0, 0.1) is 19.8 Å². The highest BCUT2D eigenvalue weighted by atomic mass is 16.2. The summed E-state index contributed by atoms with van der Waals surface area (Å²) in [5.41, 5.74) is 0.181. The van der Waals surface area contributed by atoms with E-state index in [2.05, 4.69) is 15.3 Å². The number of hydrogen-bond acceptors (Lipinski definition) is 3. The van der Waals surface area contributed by atoms with Crippen molar-refractivity contribution in [2.75, 3.05) is 6.54 Å². The Hall–Kier alpha value is -1.65. The van der Waals surface area contributed by atoms with Crippen LogP contribution in [-0.4, -0.2) is 22.4 Å². The lowest BCUT2D eigenvalue weighted by Gasteiger charge is -2.08. The molecule has 0 saturated carbocycles. The molecule has 88 valence electrons. The molecule has 5 heteroatoms. The van der Waals surface area contributed by atoms with Gasteiger partial charge in [0.25, 0.3) is 11.5 Å². The molecular weight excluding hydrogens is 206 g/mol. The Morgan fingerprint density at radius 2 is 2.06 bits per heavy atom. The topological polar surface area (TPSA) is 74.8 Å². The van der Waals surface area contributed by atoms with Gasteiger partial charge < -0.3 is 10.3 Å². The van der Waals surface area contributed by atoms with Gasteiger partial charge in [-0.3, -0.25) is 9.59 Å². The van der Waals surface area contributed by atoms with Crippen LogP contribution in [0.25, 0.3) is 0 Å². The Morgan fingerprint density at radius 3 is 2.56 bits per heavy atom. The lowest BCUT2D eigenvalue weighted by molar-refractivity contribution is 0.0946. The maximum atomic E-state index is 11.7. The minimum Gasteiger partial charge on any atom is -0.352 e. The van der Waals surface area contributed by atoms with E-state index < -0.39 is 0 Å². The molecule has 2 N–H and O–H groups in total. The molecule has 0 radical (unpaired) electrons. The molecule has 1 aromatic rings. The third-order valence-electron chi connectivity index (χ3n) is 2.12. The standard InChI is InChI=1S/C11H17N3O2/c1-6(2)5-12-10(15)9-7(3)13-8(4)14-11(9)16/h6H,5H2,1-4H3,(H,12,15)(H,13,14,16). The summed E-state index contributed by atoms with van der Waals surface area (Å²) in [6, 6.07) is 0. The van der Waals surface area contributed by atoms with Gasteiger partial charge in [0.15, 0.2) is 0 Å². The van der Waals surface area contributed by atoms with Gasteiger partial charge in [-0.05, 0) is 19.8 Å². The first-order valence-corrected chi connectivity index (χ1v) is 5.27. The summed E-state index contributed by atoms with van der Waals surface area (Å²) < 4.78 is 0. The van der Waals surface area contributed by atoms with Crippen molar-refractivity contribution in [1.82, 2.24) is 15.3 Å². The van der Waals surface area contributed by atoms with Gasteiger partial charge in [0, 0.05) is 6.54 Å². The predicted octanol–water partition coefficient (Wildman–Crippen LogP) is 0.773. The van der Waals surface area contributed by atoms with Crippen LogP contribution in [0.3, 0.4) is 0 Å². The second-order valence-electron chi connectivity index (χ2n) is 4.22. The average Bonchev–Trinajstić information content (AvgIpc) is 2.12. The highest BCUT2D eigenvalue weighted by Crippen LogP contribution is 1.99. The van der Waals surface area contributed by atoms with Crippen LogP contribution in [0.1, 0.15) is 35.7 Å². The van der Waals surface area contributed by atoms with Gasteiger partial charge in [-0.15, -0.1) is 0 Å². The normalized spacial score (nSPS) is 10.6. The molecule has 0 saturated heterocycles. The summed E-state index contributed by atoms with van der Waals surface area (Å²) in [5, 5.41) is 2.70. The maximum absolute atomic E-state index is 11.7. The Kier molecular flexibility index (Phi) is 3.82. The number of aromatic nitrogens is 2. The largest absolute Gasteiger partial charge is 0.352 e. The summed E-state index contributed by atoms with van der Waals surface area (Å²) >= 11 is 0. The molecule has 0 aliphatic rings. The van der Waals surface area contributed by atoms with Crippen LogP contribution >= 0.6 is 0 Å². The molecule has 0 unspecified atom stereocenters. The number of amides is 1. The van der Waals surface area contributed by atoms with Crippen molar-refractivity contribution in [3.05, 3.63) is 27.4 Å². The van der Waals surface area contributed by atoms with Gasteiger partial charge in [-0.25, -0.2) is 4.98 Å². The number of H-pyrrole nitrogens is 1. The van der Waals surface area contributed by atoms with Gasteiger partial charge in [-0.2, -0.15) is 0 Å². The number of aryl methyl sites for hydroxylation is 2. The molecule has 0 fully saturated rings. The lowest BCUT2D eigenvalue weighted by Crippen LogP contribution is -2.33. The first-order valence-electron chi connectivity index (χ1n) is 5.27. The molecule has 0 atom stereocenters. The van der Waals surface area contributed by atoms with E-state index in [1.165, 1.54) is 0 Å². The molecule has 0 aliphatic carbocycles. The number of hydrogen-bond donors (Lipinski definition) is 2. The lowest BCUT2D eigenvalue weighted by atomic mass is 10.2. The molecule has 16 heavy (non-hydrogen) atoms. The van der Waals surface area contributed by atoms with Crippen molar-refractivity contribution in [2.45, 2.75) is 27.7 Å². The average molecular weight is 223 g/mol. The van der Waals surface area contributed by atoms with Crippen molar-refractivity contribution in [2.24, 2.45) is 5.92 Å². The molecule has 1 rings (SSSR count). The Bertz CT molecular complexity index is 449. The Labute approximate surface area is 94.3 Å². The number of carbonyl (C=O) groups is 1. The van der Waals surface area contributed by atoms with Crippen LogP contribution in [0.4, 0.5) is 0 Å². The summed E-state index contributed by atoms with van der Waals surface area (Å²) in [5.74, 6) is 0.504. The van der Waals surface area contributed by atoms with Crippen molar-refractivity contribution >= 4 is 5.91 Å². The van der Waals surface area contributed by atoms with Gasteiger partial charge in [0.05, 0.1) is 5.69 Å². The smallest absolute Gasteiger partial charge is 0.264 e. The van der Waals surface area contributed by atoms with E-state index in [1.807, 2.05) is 13.8 Å². The van der Waals surface area contributed by atoms with E-state index in [-0.39, 0.29) is 17.0 Å². The third kappa shape index (κ3) is 2.92. The SMILES string of the molecule is Cc1nc(C)c(C(=O)NCC(C)C)c(=O)[nH]1. The van der Waals surface area contributed by atoms with Crippen LogP contribution in [0.15, 0.2) is 4.79 Å². The zero-order valence-electron chi connectivity index (χ0n) is 10.0. The number of nitrogens with zero attached hydrogens (tertiary/aromatic N) is 1. The van der Waals surface area contributed by atoms with Gasteiger partial charge >= 0.3 is 0 Å². The molecular formula is C11H17N3O2. The van der Waals surface area contributed by atoms with E-state index >= 15 is 0 Å². The second-order valence-corrected chi connectivity index (χ2v) is 4.22. The number of aromatic amines is 1. The summed E-state index contributed by atoms with van der Waals surface area (Å²) in [7, 11) is 0. The molecule has 1 amide bonds. The van der Waals surface area contributed by atoms with Crippen LogP contribution < -0.4 is 10.9 Å². The van der Waals surface area contributed by atoms with Gasteiger partial charge in [-0.1, -0.05) is 13.8 Å². The number of rotatable bonds is 3. The minimum absolute atomic E-state index is 0.103. The monoisotopic (exact) mass is 223 g/mol. The van der Waals surface area contributed by atoms with E-state index in [4.69, 9.17) is 0 Å². The van der Waals surface area contributed by atoms with Crippen molar-refractivity contribution in [3.8, 4) is 0 Å².